The lowest BCUT2D eigenvalue weighted by Crippen LogP contribution is -2.23. The fourth-order valence-corrected chi connectivity index (χ4v) is 3.22. The van der Waals surface area contributed by atoms with Crippen molar-refractivity contribution in [2.75, 3.05) is 11.9 Å². The van der Waals surface area contributed by atoms with E-state index in [2.05, 4.69) is 26.6 Å². The van der Waals surface area contributed by atoms with Gasteiger partial charge in [0, 0.05) is 22.3 Å². The van der Waals surface area contributed by atoms with Crippen LogP contribution in [0, 0.1) is 0 Å². The lowest BCUT2D eigenvalue weighted by Gasteiger charge is -2.09. The Morgan fingerprint density at radius 1 is 0.909 bits per heavy atom. The highest BCUT2D eigenvalue weighted by atomic mass is 79.9. The van der Waals surface area contributed by atoms with Crippen LogP contribution in [0.3, 0.4) is 0 Å². The number of halogens is 1. The molecule has 0 aromatic heterocycles. The summed E-state index contributed by atoms with van der Waals surface area (Å²) in [6.45, 7) is 2.19. The number of nitrogens with one attached hydrogen (secondary N) is 2. The van der Waals surface area contributed by atoms with Crippen LogP contribution in [-0.2, 0) is 22.5 Å². The Hall–Kier alpha value is -3.65. The van der Waals surface area contributed by atoms with Gasteiger partial charge in [0.15, 0.2) is 0 Å². The maximum atomic E-state index is 12.4. The Morgan fingerprint density at radius 3 is 2.33 bits per heavy atom. The van der Waals surface area contributed by atoms with Crippen molar-refractivity contribution in [2.24, 2.45) is 0 Å². The van der Waals surface area contributed by atoms with Crippen molar-refractivity contribution in [3.63, 3.8) is 0 Å². The smallest absolute Gasteiger partial charge is 0.434 e. The van der Waals surface area contributed by atoms with E-state index in [0.29, 0.717) is 11.3 Å². The first kappa shape index (κ1) is 24.0. The molecule has 3 aromatic rings. The second-order valence-corrected chi connectivity index (χ2v) is 7.96. The van der Waals surface area contributed by atoms with Gasteiger partial charge in [-0.2, -0.15) is 0 Å². The van der Waals surface area contributed by atoms with Gasteiger partial charge >= 0.3 is 6.16 Å². The maximum absolute atomic E-state index is 12.4. The number of amides is 2. The van der Waals surface area contributed by atoms with Crippen LogP contribution in [-0.4, -0.2) is 24.6 Å². The average Bonchev–Trinajstić information content (AvgIpc) is 2.80. The van der Waals surface area contributed by atoms with Gasteiger partial charge in [-0.3, -0.25) is 9.59 Å². The monoisotopic (exact) mass is 510 g/mol. The minimum atomic E-state index is -0.793. The highest BCUT2D eigenvalue weighted by molar-refractivity contribution is 9.10. The van der Waals surface area contributed by atoms with Gasteiger partial charge in [0.1, 0.15) is 5.75 Å². The van der Waals surface area contributed by atoms with Crippen molar-refractivity contribution in [3.05, 3.63) is 94.0 Å². The molecule has 3 rings (SSSR count). The molecule has 3 aromatic carbocycles. The Kier molecular flexibility index (Phi) is 8.60. The summed E-state index contributed by atoms with van der Waals surface area (Å²) in [5.41, 5.74) is 2.83. The summed E-state index contributed by atoms with van der Waals surface area (Å²) >= 11 is 3.38. The van der Waals surface area contributed by atoms with Gasteiger partial charge in [-0.05, 0) is 66.6 Å². The number of carbonyl (C=O) groups excluding carboxylic acids is 3. The summed E-state index contributed by atoms with van der Waals surface area (Å²) in [6, 6.07) is 21.0. The number of rotatable bonds is 8. The molecule has 0 spiro atoms. The molecule has 0 aliphatic heterocycles. The van der Waals surface area contributed by atoms with Crippen LogP contribution in [0.4, 0.5) is 10.5 Å². The van der Waals surface area contributed by atoms with E-state index in [9.17, 15) is 14.4 Å². The van der Waals surface area contributed by atoms with Crippen LogP contribution < -0.4 is 15.4 Å². The van der Waals surface area contributed by atoms with Crippen molar-refractivity contribution in [2.45, 2.75) is 19.9 Å². The Morgan fingerprint density at radius 2 is 1.64 bits per heavy atom. The molecule has 0 atom stereocenters. The van der Waals surface area contributed by atoms with Gasteiger partial charge in [0.25, 0.3) is 5.91 Å². The topological polar surface area (TPSA) is 93.7 Å². The van der Waals surface area contributed by atoms with Crippen LogP contribution in [0.1, 0.15) is 28.4 Å². The molecule has 0 bridgehead atoms. The molecule has 7 nitrogen and oxygen atoms in total. The lowest BCUT2D eigenvalue weighted by atomic mass is 10.1. The second-order valence-electron chi connectivity index (χ2n) is 7.04. The number of benzene rings is 3. The molecule has 0 heterocycles. The average molecular weight is 511 g/mol. The molecule has 0 saturated carbocycles. The van der Waals surface area contributed by atoms with Crippen molar-refractivity contribution in [3.8, 4) is 5.75 Å². The first-order valence-electron chi connectivity index (χ1n) is 10.3. The fourth-order valence-electron chi connectivity index (χ4n) is 2.95. The van der Waals surface area contributed by atoms with Gasteiger partial charge in [-0.1, -0.05) is 40.2 Å². The van der Waals surface area contributed by atoms with Crippen LogP contribution in [0.25, 0.3) is 0 Å². The third kappa shape index (κ3) is 7.76. The third-order valence-electron chi connectivity index (χ3n) is 4.52. The highest BCUT2D eigenvalue weighted by Crippen LogP contribution is 2.15. The Bertz CT molecular complexity index is 1110. The molecule has 2 N–H and O–H groups in total. The van der Waals surface area contributed by atoms with Crippen molar-refractivity contribution < 1.29 is 23.9 Å². The zero-order chi connectivity index (χ0) is 23.6. The summed E-state index contributed by atoms with van der Waals surface area (Å²) in [6.07, 6.45) is -0.525. The number of ether oxygens (including phenoxy) is 2. The molecule has 33 heavy (non-hydrogen) atoms. The van der Waals surface area contributed by atoms with Gasteiger partial charge in [0.05, 0.1) is 13.0 Å². The molecule has 0 aliphatic carbocycles. The minimum absolute atomic E-state index is 0.122. The zero-order valence-corrected chi connectivity index (χ0v) is 19.6. The molecule has 0 saturated heterocycles. The second kappa shape index (κ2) is 11.8. The minimum Gasteiger partial charge on any atom is -0.434 e. The molecule has 0 aliphatic rings. The van der Waals surface area contributed by atoms with Gasteiger partial charge in [0.2, 0.25) is 5.91 Å². The summed E-state index contributed by atoms with van der Waals surface area (Å²) in [4.78, 5) is 36.1. The molecular weight excluding hydrogens is 488 g/mol. The molecule has 0 unspecified atom stereocenters. The molecule has 0 fully saturated rings. The number of hydrogen-bond donors (Lipinski definition) is 2. The van der Waals surface area contributed by atoms with E-state index in [1.807, 2.05) is 42.5 Å². The molecular formula is C25H23BrN2O5. The summed E-state index contributed by atoms with van der Waals surface area (Å²) < 4.78 is 10.6. The molecule has 170 valence electrons. The summed E-state index contributed by atoms with van der Waals surface area (Å²) in [5.74, 6) is -0.109. The van der Waals surface area contributed by atoms with E-state index in [1.54, 1.807) is 25.1 Å². The van der Waals surface area contributed by atoms with Crippen molar-refractivity contribution in [1.82, 2.24) is 5.32 Å². The van der Waals surface area contributed by atoms with Gasteiger partial charge in [-0.15, -0.1) is 0 Å². The standard InChI is InChI=1S/C25H23BrN2O5/c1-2-32-25(31)33-22-12-8-19(9-13-22)24(30)27-16-18-4-3-5-21(14-18)28-23(29)15-17-6-10-20(26)11-7-17/h3-14H,2,15-16H2,1H3,(H,27,30)(H,28,29). The predicted molar refractivity (Wildman–Crippen MR) is 128 cm³/mol. The van der Waals surface area contributed by atoms with E-state index in [4.69, 9.17) is 9.47 Å². The van der Waals surface area contributed by atoms with E-state index in [1.165, 1.54) is 12.1 Å². The van der Waals surface area contributed by atoms with E-state index in [-0.39, 0.29) is 37.1 Å². The number of carbonyl (C=O) groups is 3. The van der Waals surface area contributed by atoms with E-state index in [0.717, 1.165) is 15.6 Å². The van der Waals surface area contributed by atoms with Crippen molar-refractivity contribution in [1.29, 1.82) is 0 Å². The van der Waals surface area contributed by atoms with Gasteiger partial charge < -0.3 is 20.1 Å². The molecule has 8 heteroatoms. The summed E-state index contributed by atoms with van der Waals surface area (Å²) in [5, 5.41) is 5.71. The molecule has 0 radical (unpaired) electrons. The third-order valence-corrected chi connectivity index (χ3v) is 5.05. The van der Waals surface area contributed by atoms with Gasteiger partial charge in [-0.25, -0.2) is 4.79 Å². The van der Waals surface area contributed by atoms with Crippen LogP contribution in [0.2, 0.25) is 0 Å². The predicted octanol–water partition coefficient (Wildman–Crippen LogP) is 5.10. The SMILES string of the molecule is CCOC(=O)Oc1ccc(C(=O)NCc2cccc(NC(=O)Cc3ccc(Br)cc3)c2)cc1. The number of hydrogen-bond acceptors (Lipinski definition) is 5. The molecule has 2 amide bonds. The Balaban J connectivity index is 1.51. The normalized spacial score (nSPS) is 10.2. The summed E-state index contributed by atoms with van der Waals surface area (Å²) in [7, 11) is 0. The fraction of sp³-hybridized carbons (Fsp3) is 0.160. The quantitative estimate of drug-likeness (QED) is 0.325. The highest BCUT2D eigenvalue weighted by Gasteiger charge is 2.09. The van der Waals surface area contributed by atoms with Crippen LogP contribution in [0.5, 0.6) is 5.75 Å². The Labute approximate surface area is 200 Å². The largest absolute Gasteiger partial charge is 0.513 e. The zero-order valence-electron chi connectivity index (χ0n) is 18.0. The first-order valence-corrected chi connectivity index (χ1v) is 11.1. The van der Waals surface area contributed by atoms with Crippen molar-refractivity contribution >= 4 is 39.6 Å². The first-order chi connectivity index (χ1) is 15.9. The van der Waals surface area contributed by atoms with E-state index < -0.39 is 6.16 Å². The van der Waals surface area contributed by atoms with Crippen LogP contribution >= 0.6 is 15.9 Å². The maximum Gasteiger partial charge on any atom is 0.513 e. The lowest BCUT2D eigenvalue weighted by molar-refractivity contribution is -0.115. The number of anilines is 1. The van der Waals surface area contributed by atoms with E-state index >= 15 is 0 Å². The van der Waals surface area contributed by atoms with Crippen LogP contribution in [0.15, 0.2) is 77.3 Å².